The fourth-order valence-electron chi connectivity index (χ4n) is 7.84. The van der Waals surface area contributed by atoms with Crippen molar-refractivity contribution in [1.29, 1.82) is 0 Å². The smallest absolute Gasteiger partial charge is 0.124 e. The number of H-pyrrole nitrogens is 2. The summed E-state index contributed by atoms with van der Waals surface area (Å²) in [5.41, 5.74) is 10.3. The van der Waals surface area contributed by atoms with Crippen LogP contribution in [0.2, 0.25) is 0 Å². The van der Waals surface area contributed by atoms with Crippen molar-refractivity contribution in [3.05, 3.63) is 108 Å². The third-order valence-corrected chi connectivity index (χ3v) is 10.1. The van der Waals surface area contributed by atoms with Crippen LogP contribution >= 0.6 is 0 Å². The van der Waals surface area contributed by atoms with Gasteiger partial charge in [0, 0.05) is 17.4 Å². The molecule has 0 bridgehead atoms. The lowest BCUT2D eigenvalue weighted by Gasteiger charge is -2.33. The molecule has 8 heteroatoms. The summed E-state index contributed by atoms with van der Waals surface area (Å²) in [6.07, 6.45) is 8.68. The highest BCUT2D eigenvalue weighted by atomic mass is 15.2. The van der Waals surface area contributed by atoms with Gasteiger partial charge in [-0.05, 0) is 111 Å². The van der Waals surface area contributed by atoms with E-state index in [9.17, 15) is 0 Å². The summed E-state index contributed by atoms with van der Waals surface area (Å²) in [5, 5.41) is 7.17. The number of fused-ring (bicyclic) bond motifs is 2. The second-order valence-corrected chi connectivity index (χ2v) is 12.9. The van der Waals surface area contributed by atoms with Gasteiger partial charge in [-0.3, -0.25) is 4.98 Å². The number of nitrogens with zero attached hydrogens (tertiary/aromatic N) is 4. The SMILES string of the molecule is c1ccc(-c2ccc(N3[C@@H](c4ccc5nc([C@@H]6CCCN6)[nH]c5c4)CC[C@@H]3c3ccc4nc([C@@H]5CCCN5)[nH]c4c3)cc2)nc1. The Kier molecular flexibility index (Phi) is 6.63. The van der Waals surface area contributed by atoms with Gasteiger partial charge in [-0.2, -0.15) is 0 Å². The molecule has 3 aliphatic rings. The molecule has 0 amide bonds. The van der Waals surface area contributed by atoms with Crippen LogP contribution in [0.25, 0.3) is 33.3 Å². The molecule has 9 rings (SSSR count). The van der Waals surface area contributed by atoms with Gasteiger partial charge in [-0.25, -0.2) is 9.97 Å². The lowest BCUT2D eigenvalue weighted by molar-refractivity contribution is 0.614. The van der Waals surface area contributed by atoms with E-state index in [0.29, 0.717) is 12.1 Å². The lowest BCUT2D eigenvalue weighted by Crippen LogP contribution is -2.26. The zero-order valence-corrected chi connectivity index (χ0v) is 25.3. The Morgan fingerprint density at radius 2 is 1.22 bits per heavy atom. The molecule has 3 aromatic heterocycles. The molecular formula is C37H38N8. The topological polar surface area (TPSA) is 97.5 Å². The predicted molar refractivity (Wildman–Crippen MR) is 179 cm³/mol. The maximum absolute atomic E-state index is 4.95. The van der Waals surface area contributed by atoms with Crippen LogP contribution in [0.1, 0.15) is 85.5 Å². The van der Waals surface area contributed by atoms with E-state index in [1.54, 1.807) is 0 Å². The first-order valence-electron chi connectivity index (χ1n) is 16.5. The first kappa shape index (κ1) is 26.8. The monoisotopic (exact) mass is 594 g/mol. The van der Waals surface area contributed by atoms with Gasteiger partial charge in [0.25, 0.3) is 0 Å². The zero-order chi connectivity index (χ0) is 29.7. The first-order valence-corrected chi connectivity index (χ1v) is 16.5. The van der Waals surface area contributed by atoms with Gasteiger partial charge in [0.1, 0.15) is 11.6 Å². The summed E-state index contributed by atoms with van der Waals surface area (Å²) < 4.78 is 0. The molecule has 0 aliphatic carbocycles. The summed E-state index contributed by atoms with van der Waals surface area (Å²) in [6.45, 7) is 2.13. The van der Waals surface area contributed by atoms with Crippen LogP contribution in [0, 0.1) is 0 Å². The summed E-state index contributed by atoms with van der Waals surface area (Å²) >= 11 is 0. The summed E-state index contributed by atoms with van der Waals surface area (Å²) in [5.74, 6) is 2.12. The number of hydrogen-bond donors (Lipinski definition) is 4. The van der Waals surface area contributed by atoms with Crippen molar-refractivity contribution in [3.8, 4) is 11.3 Å². The third kappa shape index (κ3) is 4.89. The van der Waals surface area contributed by atoms with Crippen molar-refractivity contribution in [2.24, 2.45) is 0 Å². The molecule has 0 radical (unpaired) electrons. The minimum Gasteiger partial charge on any atom is -0.357 e. The van der Waals surface area contributed by atoms with E-state index in [1.807, 2.05) is 18.3 Å². The molecule has 4 N–H and O–H groups in total. The van der Waals surface area contributed by atoms with Crippen LogP contribution in [0.3, 0.4) is 0 Å². The fourth-order valence-corrected chi connectivity index (χ4v) is 7.84. The molecule has 3 fully saturated rings. The number of aromatic amines is 2. The molecule has 4 atom stereocenters. The fraction of sp³-hybridized carbons (Fsp3) is 0.324. The number of rotatable bonds is 6. The van der Waals surface area contributed by atoms with Crippen LogP contribution in [0.15, 0.2) is 85.1 Å². The van der Waals surface area contributed by atoms with Crippen molar-refractivity contribution in [2.75, 3.05) is 18.0 Å². The van der Waals surface area contributed by atoms with Gasteiger partial charge >= 0.3 is 0 Å². The molecule has 3 saturated heterocycles. The lowest BCUT2D eigenvalue weighted by atomic mass is 10.0. The minimum atomic E-state index is 0.243. The standard InChI is InChI=1S/C37H38N8/c1-2-18-38-27(5-1)23-8-12-26(13-9-23)45-34(24-10-14-28-32(21-24)43-36(41-28)30-6-3-19-39-30)16-17-35(45)25-11-15-29-33(22-25)44-37(42-29)31-7-4-20-40-31/h1-2,5,8-15,18,21-22,30-31,34-35,39-40H,3-4,6-7,16-17,19-20H2,(H,41,43)(H,42,44)/t30-,31-,34+,35+/m0/s1. The van der Waals surface area contributed by atoms with Crippen molar-refractivity contribution in [1.82, 2.24) is 35.6 Å². The Morgan fingerprint density at radius 3 is 1.73 bits per heavy atom. The van der Waals surface area contributed by atoms with Crippen LogP contribution < -0.4 is 15.5 Å². The predicted octanol–water partition coefficient (Wildman–Crippen LogP) is 7.43. The molecule has 3 aromatic carbocycles. The normalized spacial score (nSPS) is 23.5. The van der Waals surface area contributed by atoms with Crippen molar-refractivity contribution in [2.45, 2.75) is 62.7 Å². The van der Waals surface area contributed by atoms with Crippen molar-refractivity contribution >= 4 is 27.8 Å². The maximum atomic E-state index is 4.95. The molecule has 226 valence electrons. The van der Waals surface area contributed by atoms with E-state index in [4.69, 9.17) is 9.97 Å². The van der Waals surface area contributed by atoms with E-state index in [0.717, 1.165) is 83.7 Å². The van der Waals surface area contributed by atoms with E-state index in [1.165, 1.54) is 29.7 Å². The van der Waals surface area contributed by atoms with Gasteiger partial charge in [0.2, 0.25) is 0 Å². The molecule has 6 heterocycles. The first-order chi connectivity index (χ1) is 22.3. The number of benzene rings is 3. The molecule has 45 heavy (non-hydrogen) atoms. The Balaban J connectivity index is 1.09. The molecule has 3 aliphatic heterocycles. The Hall–Kier alpha value is -4.53. The minimum absolute atomic E-state index is 0.243. The quantitative estimate of drug-likeness (QED) is 0.160. The van der Waals surface area contributed by atoms with Gasteiger partial charge in [0.05, 0.1) is 51.9 Å². The second-order valence-electron chi connectivity index (χ2n) is 12.9. The highest BCUT2D eigenvalue weighted by molar-refractivity contribution is 5.78. The van der Waals surface area contributed by atoms with Gasteiger partial charge in [-0.1, -0.05) is 30.3 Å². The highest BCUT2D eigenvalue weighted by Gasteiger charge is 2.36. The second kappa shape index (κ2) is 11.1. The number of pyridine rings is 1. The molecule has 0 spiro atoms. The van der Waals surface area contributed by atoms with Crippen LogP contribution in [0.4, 0.5) is 5.69 Å². The number of imidazole rings is 2. The van der Waals surface area contributed by atoms with E-state index in [-0.39, 0.29) is 12.1 Å². The van der Waals surface area contributed by atoms with Crippen molar-refractivity contribution in [3.63, 3.8) is 0 Å². The Morgan fingerprint density at radius 1 is 0.622 bits per heavy atom. The number of aromatic nitrogens is 5. The van der Waals surface area contributed by atoms with Crippen LogP contribution in [-0.4, -0.2) is 38.0 Å². The third-order valence-electron chi connectivity index (χ3n) is 10.1. The highest BCUT2D eigenvalue weighted by Crippen LogP contribution is 2.48. The molecule has 8 nitrogen and oxygen atoms in total. The summed E-state index contributed by atoms with van der Waals surface area (Å²) in [4.78, 5) is 24.4. The average molecular weight is 595 g/mol. The Labute approximate surface area is 262 Å². The molecule has 0 unspecified atom stereocenters. The van der Waals surface area contributed by atoms with Gasteiger partial charge in [-0.15, -0.1) is 0 Å². The largest absolute Gasteiger partial charge is 0.357 e. The van der Waals surface area contributed by atoms with Crippen LogP contribution in [-0.2, 0) is 0 Å². The Bertz CT molecular complexity index is 1850. The summed E-state index contributed by atoms with van der Waals surface area (Å²) in [6, 6.07) is 29.8. The zero-order valence-electron chi connectivity index (χ0n) is 25.3. The van der Waals surface area contributed by atoms with Crippen molar-refractivity contribution < 1.29 is 0 Å². The number of anilines is 1. The van der Waals surface area contributed by atoms with Crippen LogP contribution in [0.5, 0.6) is 0 Å². The van der Waals surface area contributed by atoms with E-state index < -0.39 is 0 Å². The van der Waals surface area contributed by atoms with Gasteiger partial charge < -0.3 is 25.5 Å². The molecular weight excluding hydrogens is 556 g/mol. The number of hydrogen-bond acceptors (Lipinski definition) is 6. The maximum Gasteiger partial charge on any atom is 0.124 e. The van der Waals surface area contributed by atoms with Gasteiger partial charge in [0.15, 0.2) is 0 Å². The summed E-state index contributed by atoms with van der Waals surface area (Å²) in [7, 11) is 0. The average Bonchev–Trinajstić information content (AvgIpc) is 3.93. The van der Waals surface area contributed by atoms with E-state index in [2.05, 4.69) is 97.2 Å². The molecule has 0 saturated carbocycles. The molecule has 6 aromatic rings. The number of nitrogens with one attached hydrogen (secondary N) is 4. The van der Waals surface area contributed by atoms with E-state index >= 15 is 0 Å².